The quantitative estimate of drug-likeness (QED) is 0.319. The van der Waals surface area contributed by atoms with Crippen LogP contribution < -0.4 is 0 Å². The first-order chi connectivity index (χ1) is 14.9. The van der Waals surface area contributed by atoms with Crippen molar-refractivity contribution in [2.45, 2.75) is 0 Å². The van der Waals surface area contributed by atoms with E-state index in [1.165, 1.54) is 32.6 Å². The van der Waals surface area contributed by atoms with Crippen molar-refractivity contribution in [1.29, 1.82) is 0 Å². The third-order valence-corrected chi connectivity index (χ3v) is 6.06. The maximum atomic E-state index is 4.62. The summed E-state index contributed by atoms with van der Waals surface area (Å²) in [6.45, 7) is 0. The molecule has 0 spiro atoms. The molecule has 0 fully saturated rings. The average molecular weight is 384 g/mol. The third-order valence-electron chi connectivity index (χ3n) is 6.06. The minimum Gasteiger partial charge on any atom is -0.309 e. The van der Waals surface area contributed by atoms with Gasteiger partial charge in [0.1, 0.15) is 5.65 Å². The Bertz CT molecular complexity index is 1740. The number of pyridine rings is 2. The van der Waals surface area contributed by atoms with Crippen molar-refractivity contribution in [1.82, 2.24) is 18.9 Å². The summed E-state index contributed by atoms with van der Waals surface area (Å²) in [6.07, 6.45) is 7.69. The lowest BCUT2D eigenvalue weighted by molar-refractivity contribution is 1.18. The molecule has 0 aliphatic rings. The van der Waals surface area contributed by atoms with Gasteiger partial charge in [-0.25, -0.2) is 4.98 Å². The van der Waals surface area contributed by atoms with Crippen LogP contribution in [0.25, 0.3) is 54.8 Å². The lowest BCUT2D eigenvalue weighted by Crippen LogP contribution is -1.97. The van der Waals surface area contributed by atoms with Crippen molar-refractivity contribution < 1.29 is 0 Å². The molecule has 0 atom stereocenters. The van der Waals surface area contributed by atoms with Gasteiger partial charge in [0, 0.05) is 52.0 Å². The van der Waals surface area contributed by atoms with Gasteiger partial charge in [-0.3, -0.25) is 9.38 Å². The van der Waals surface area contributed by atoms with E-state index >= 15 is 0 Å². The highest BCUT2D eigenvalue weighted by atomic mass is 15.0. The molecule has 4 heterocycles. The Hall–Kier alpha value is -4.18. The van der Waals surface area contributed by atoms with Gasteiger partial charge in [-0.05, 0) is 35.7 Å². The van der Waals surface area contributed by atoms with Crippen LogP contribution in [0.3, 0.4) is 0 Å². The van der Waals surface area contributed by atoms with Crippen molar-refractivity contribution in [2.75, 3.05) is 0 Å². The zero-order chi connectivity index (χ0) is 19.7. The Kier molecular flexibility index (Phi) is 2.97. The van der Waals surface area contributed by atoms with Gasteiger partial charge in [-0.2, -0.15) is 0 Å². The van der Waals surface area contributed by atoms with E-state index in [1.54, 1.807) is 0 Å². The number of imidazole rings is 1. The highest BCUT2D eigenvalue weighted by Gasteiger charge is 2.18. The van der Waals surface area contributed by atoms with E-state index in [0.717, 1.165) is 22.2 Å². The van der Waals surface area contributed by atoms with Crippen molar-refractivity contribution in [3.05, 3.63) is 97.6 Å². The molecule has 0 bridgehead atoms. The van der Waals surface area contributed by atoms with Gasteiger partial charge in [0.15, 0.2) is 0 Å². The van der Waals surface area contributed by atoms with Gasteiger partial charge in [0.05, 0.1) is 16.6 Å². The summed E-state index contributed by atoms with van der Waals surface area (Å²) in [6, 6.07) is 25.8. The Morgan fingerprint density at radius 3 is 2.43 bits per heavy atom. The van der Waals surface area contributed by atoms with Crippen LogP contribution >= 0.6 is 0 Å². The maximum Gasteiger partial charge on any atom is 0.146 e. The van der Waals surface area contributed by atoms with E-state index in [1.807, 2.05) is 24.8 Å². The second-order valence-corrected chi connectivity index (χ2v) is 7.59. The molecule has 0 aliphatic heterocycles. The number of benzene rings is 3. The van der Waals surface area contributed by atoms with E-state index in [2.05, 4.69) is 91.7 Å². The summed E-state index contributed by atoms with van der Waals surface area (Å²) in [5, 5.41) is 5.96. The predicted octanol–water partition coefficient (Wildman–Crippen LogP) is 6.13. The van der Waals surface area contributed by atoms with E-state index < -0.39 is 0 Å². The molecule has 0 N–H and O–H groups in total. The highest BCUT2D eigenvalue weighted by Crippen LogP contribution is 2.39. The van der Waals surface area contributed by atoms with Crippen molar-refractivity contribution >= 4 is 49.1 Å². The molecule has 7 aromatic rings. The summed E-state index contributed by atoms with van der Waals surface area (Å²) < 4.78 is 4.56. The highest BCUT2D eigenvalue weighted by molar-refractivity contribution is 6.26. The van der Waals surface area contributed by atoms with Crippen LogP contribution in [0.15, 0.2) is 97.6 Å². The molecule has 0 aliphatic carbocycles. The molecule has 4 aromatic heterocycles. The second-order valence-electron chi connectivity index (χ2n) is 7.59. The molecule has 4 heteroatoms. The number of hydrogen-bond donors (Lipinski definition) is 0. The molecule has 0 unspecified atom stereocenters. The minimum absolute atomic E-state index is 0.937. The van der Waals surface area contributed by atoms with E-state index in [-0.39, 0.29) is 0 Å². The normalized spacial score (nSPS) is 12.0. The lowest BCUT2D eigenvalue weighted by Gasteiger charge is -2.13. The first-order valence-electron chi connectivity index (χ1n) is 10.0. The maximum absolute atomic E-state index is 4.62. The number of hydrogen-bond acceptors (Lipinski definition) is 2. The zero-order valence-electron chi connectivity index (χ0n) is 16.0. The molecule has 0 amide bonds. The Morgan fingerprint density at radius 2 is 1.50 bits per heavy atom. The first kappa shape index (κ1) is 15.7. The van der Waals surface area contributed by atoms with E-state index in [0.29, 0.717) is 0 Å². The summed E-state index contributed by atoms with van der Waals surface area (Å²) >= 11 is 0. The molecule has 3 aromatic carbocycles. The summed E-state index contributed by atoms with van der Waals surface area (Å²) in [5.41, 5.74) is 5.66. The Labute approximate surface area is 171 Å². The summed E-state index contributed by atoms with van der Waals surface area (Å²) in [5.74, 6) is 0. The summed E-state index contributed by atoms with van der Waals surface area (Å²) in [4.78, 5) is 9.01. The van der Waals surface area contributed by atoms with Crippen LogP contribution in [0.5, 0.6) is 0 Å². The fraction of sp³-hybridized carbons (Fsp3) is 0. The van der Waals surface area contributed by atoms with Crippen molar-refractivity contribution in [3.63, 3.8) is 0 Å². The van der Waals surface area contributed by atoms with Crippen LogP contribution in [0.1, 0.15) is 0 Å². The molecule has 0 saturated heterocycles. The van der Waals surface area contributed by atoms with Crippen molar-refractivity contribution in [3.8, 4) is 5.69 Å². The van der Waals surface area contributed by atoms with Crippen LogP contribution in [-0.4, -0.2) is 18.9 Å². The van der Waals surface area contributed by atoms with Gasteiger partial charge in [0.2, 0.25) is 0 Å². The van der Waals surface area contributed by atoms with Crippen LogP contribution in [0.2, 0.25) is 0 Å². The third kappa shape index (κ3) is 1.90. The zero-order valence-corrected chi connectivity index (χ0v) is 16.0. The fourth-order valence-corrected chi connectivity index (χ4v) is 4.85. The largest absolute Gasteiger partial charge is 0.309 e. The predicted molar refractivity (Wildman–Crippen MR) is 122 cm³/mol. The summed E-state index contributed by atoms with van der Waals surface area (Å²) in [7, 11) is 0. The number of aromatic nitrogens is 4. The standard InChI is InChI=1S/C26H16N4/c1-2-6-17(7-3-1)30-22-9-5-4-8-18(22)20-10-11-23-24(25(20)30)19-12-13-27-16-21(19)26-28-14-15-29(23)26/h1-16H. The van der Waals surface area contributed by atoms with E-state index in [4.69, 9.17) is 0 Å². The average Bonchev–Trinajstić information content (AvgIpc) is 3.43. The number of fused-ring (bicyclic) bond motifs is 10. The molecule has 0 radical (unpaired) electrons. The molecule has 7 rings (SSSR count). The molecule has 140 valence electrons. The van der Waals surface area contributed by atoms with Gasteiger partial charge in [-0.1, -0.05) is 42.5 Å². The van der Waals surface area contributed by atoms with Gasteiger partial charge in [0.25, 0.3) is 0 Å². The topological polar surface area (TPSA) is 35.1 Å². The molecule has 30 heavy (non-hydrogen) atoms. The van der Waals surface area contributed by atoms with Crippen molar-refractivity contribution in [2.24, 2.45) is 0 Å². The minimum atomic E-state index is 0.937. The molecule has 4 nitrogen and oxygen atoms in total. The van der Waals surface area contributed by atoms with Gasteiger partial charge >= 0.3 is 0 Å². The molecule has 0 saturated carbocycles. The Morgan fingerprint density at radius 1 is 0.633 bits per heavy atom. The molecular formula is C26H16N4. The van der Waals surface area contributed by atoms with E-state index in [9.17, 15) is 0 Å². The van der Waals surface area contributed by atoms with Gasteiger partial charge < -0.3 is 4.57 Å². The molecular weight excluding hydrogens is 368 g/mol. The Balaban J connectivity index is 1.87. The van der Waals surface area contributed by atoms with Gasteiger partial charge in [-0.15, -0.1) is 0 Å². The number of rotatable bonds is 1. The lowest BCUT2D eigenvalue weighted by atomic mass is 10.0. The van der Waals surface area contributed by atoms with Crippen LogP contribution in [0, 0.1) is 0 Å². The second kappa shape index (κ2) is 5.67. The number of para-hydroxylation sites is 2. The van der Waals surface area contributed by atoms with Crippen LogP contribution in [-0.2, 0) is 0 Å². The van der Waals surface area contributed by atoms with Crippen LogP contribution in [0.4, 0.5) is 0 Å². The first-order valence-corrected chi connectivity index (χ1v) is 10.0. The smallest absolute Gasteiger partial charge is 0.146 e. The number of nitrogens with zero attached hydrogens (tertiary/aromatic N) is 4. The fourth-order valence-electron chi connectivity index (χ4n) is 4.85. The monoisotopic (exact) mass is 384 g/mol. The SMILES string of the molecule is c1ccc(-n2c3ccccc3c3ccc4c(c5ccncc5c5nccn45)c32)cc1.